The average molecular weight is 1330 g/mol. The molecule has 1 saturated heterocycles. The summed E-state index contributed by atoms with van der Waals surface area (Å²) >= 11 is 3.62. The first-order valence-electron chi connectivity index (χ1n) is 28.1. The van der Waals surface area contributed by atoms with Gasteiger partial charge in [-0.25, -0.2) is 19.0 Å². The Morgan fingerprint density at radius 2 is 1.08 bits per heavy atom. The zero-order chi connectivity index (χ0) is 64.9. The summed E-state index contributed by atoms with van der Waals surface area (Å²) in [6.45, 7) is 18.3. The van der Waals surface area contributed by atoms with Gasteiger partial charge in [-0.05, 0) is 152 Å². The first-order valence-corrected chi connectivity index (χ1v) is 28.9. The Balaban J connectivity index is 0.000000323. The number of carbonyl (C=O) groups is 2. The van der Waals surface area contributed by atoms with E-state index in [2.05, 4.69) is 186 Å². The molecule has 0 aliphatic carbocycles. The summed E-state index contributed by atoms with van der Waals surface area (Å²) in [7, 11) is 15.6. The highest BCUT2D eigenvalue weighted by molar-refractivity contribution is 9.10. The van der Waals surface area contributed by atoms with Crippen LogP contribution >= 0.6 is 15.9 Å². The number of nitrogens with one attached hydrogen (secondary N) is 2. The lowest BCUT2D eigenvalue weighted by Crippen LogP contribution is -2.41. The monoisotopic (exact) mass is 1330 g/mol. The summed E-state index contributed by atoms with van der Waals surface area (Å²) < 4.78 is 91.4. The number of likely N-dealkylation sites (N-methyl/N-ethyl adjacent to an activating group) is 2. The standard InChI is InChI=1S/C25H29N5O.C19H19BrN4O.C12H22BNO2.2C2HF3O2.2CH4.B2.B/c1-17-25-22-8-7-19(18-9-12-29(2)13-10-18)15-23(22)24(11-14-30(25)28-27-17)26-20-5-4-6-21(16-20)31-3;1-12-19-16-7-6-13(20)10-17(16)18(8-9-24(19)23-22-12)21-14-4-3-5-15(11-14)25-2;1-11(2)12(3,4)16-13(15-11)10-6-8-14(5)9-7-10;2*3-2(4,5)1(6)7;;;1-2;/h4-9,15-16,24,26H,10-14H2,1-3H3;3-7,10-11,18,21H,8-9H2,1-2H3;6H,7-9H2,1-5H3;2*(H,6,7);2*1H4;;. The fourth-order valence-electron chi connectivity index (χ4n) is 10.1. The van der Waals surface area contributed by atoms with Gasteiger partial charge in [-0.15, -0.1) is 10.2 Å². The molecule has 6 aromatic rings. The third kappa shape index (κ3) is 20.7. The molecule has 5 aliphatic heterocycles. The molecule has 91 heavy (non-hydrogen) atoms. The second-order valence-electron chi connectivity index (χ2n) is 22.2. The second-order valence-corrected chi connectivity index (χ2v) is 23.1. The third-order valence-electron chi connectivity index (χ3n) is 15.5. The normalized spacial score (nSPS) is 17.6. The predicted molar refractivity (Wildman–Crippen MR) is 351 cm³/mol. The van der Waals surface area contributed by atoms with E-state index in [1.807, 2.05) is 48.9 Å². The van der Waals surface area contributed by atoms with Gasteiger partial charge in [-0.1, -0.05) is 83.7 Å². The summed E-state index contributed by atoms with van der Waals surface area (Å²) in [6, 6.07) is 29.9. The fraction of sp³-hybridized carbons (Fsp3) is 0.452. The number of rotatable bonds is 8. The third-order valence-corrected chi connectivity index (χ3v) is 16.0. The number of halogens is 7. The van der Waals surface area contributed by atoms with Crippen LogP contribution in [0.3, 0.4) is 0 Å². The van der Waals surface area contributed by atoms with Crippen LogP contribution in [0.5, 0.6) is 11.5 Å². The Bertz CT molecular complexity index is 3380. The molecule has 11 rings (SSSR count). The van der Waals surface area contributed by atoms with E-state index in [9.17, 15) is 26.3 Å². The molecule has 4 aromatic carbocycles. The number of aromatic nitrogens is 6. The molecular formula is C62H80B4BrF6N10O8. The number of aryl methyl sites for hydroxylation is 4. The maximum absolute atomic E-state index is 10.6. The van der Waals surface area contributed by atoms with Crippen molar-refractivity contribution in [1.29, 1.82) is 0 Å². The number of carboxylic acid groups (broad SMARTS) is 2. The Morgan fingerprint density at radius 3 is 1.47 bits per heavy atom. The fourth-order valence-corrected chi connectivity index (χ4v) is 10.4. The smallest absolute Gasteiger partial charge is 0.490 e. The molecule has 487 valence electrons. The van der Waals surface area contributed by atoms with Crippen molar-refractivity contribution in [3.63, 3.8) is 0 Å². The second kappa shape index (κ2) is 34.0. The molecule has 4 N–H and O–H groups in total. The summed E-state index contributed by atoms with van der Waals surface area (Å²) in [5, 5.41) is 39.0. The Labute approximate surface area is 543 Å². The molecule has 2 unspecified atom stereocenters. The summed E-state index contributed by atoms with van der Waals surface area (Å²) in [5.41, 5.74) is 14.9. The number of benzene rings is 4. The van der Waals surface area contributed by atoms with Crippen LogP contribution in [0, 0.1) is 13.8 Å². The van der Waals surface area contributed by atoms with Gasteiger partial charge in [-0.2, -0.15) is 26.3 Å². The number of alkyl halides is 6. The molecule has 7 radical (unpaired) electrons. The Hall–Kier alpha value is -7.06. The molecule has 1 fully saturated rings. The van der Waals surface area contributed by atoms with Gasteiger partial charge >= 0.3 is 31.4 Å². The van der Waals surface area contributed by atoms with Crippen LogP contribution in [0.1, 0.15) is 108 Å². The van der Waals surface area contributed by atoms with Crippen LogP contribution in [0.2, 0.25) is 0 Å². The van der Waals surface area contributed by atoms with E-state index >= 15 is 0 Å². The molecule has 2 atom stereocenters. The van der Waals surface area contributed by atoms with Gasteiger partial charge in [0.05, 0.1) is 60.3 Å². The van der Waals surface area contributed by atoms with Gasteiger partial charge in [0.25, 0.3) is 0 Å². The number of hydrogen-bond acceptors (Lipinski definition) is 14. The number of anilines is 2. The lowest BCUT2D eigenvalue weighted by Gasteiger charge is -2.32. The van der Waals surface area contributed by atoms with E-state index in [-0.39, 0.29) is 53.7 Å². The zero-order valence-corrected chi connectivity index (χ0v) is 52.9. The van der Waals surface area contributed by atoms with Crippen molar-refractivity contribution in [2.24, 2.45) is 0 Å². The van der Waals surface area contributed by atoms with Crippen molar-refractivity contribution in [3.05, 3.63) is 135 Å². The van der Waals surface area contributed by atoms with Gasteiger partial charge in [0.2, 0.25) is 0 Å². The number of carboxylic acids is 2. The van der Waals surface area contributed by atoms with Crippen LogP contribution < -0.4 is 20.1 Å². The van der Waals surface area contributed by atoms with Gasteiger partial charge in [0, 0.05) is 102 Å². The maximum Gasteiger partial charge on any atom is 0.490 e. The van der Waals surface area contributed by atoms with Crippen molar-refractivity contribution >= 4 is 75.8 Å². The highest BCUT2D eigenvalue weighted by Gasteiger charge is 2.52. The number of fused-ring (bicyclic) bond motifs is 6. The summed E-state index contributed by atoms with van der Waals surface area (Å²) in [5.74, 6) is -3.81. The van der Waals surface area contributed by atoms with Crippen molar-refractivity contribution in [2.75, 3.05) is 65.1 Å². The highest BCUT2D eigenvalue weighted by Crippen LogP contribution is 2.42. The van der Waals surface area contributed by atoms with Crippen LogP contribution in [-0.4, -0.2) is 171 Å². The van der Waals surface area contributed by atoms with E-state index in [4.69, 9.17) is 38.6 Å². The number of nitrogens with zero attached hydrogens (tertiary/aromatic N) is 8. The first kappa shape index (κ1) is 78.2. The Kier molecular flexibility index (Phi) is 29.2. The van der Waals surface area contributed by atoms with Gasteiger partial charge in [0.15, 0.2) is 0 Å². The quantitative estimate of drug-likeness (QED) is 0.0827. The van der Waals surface area contributed by atoms with Crippen LogP contribution in [0.4, 0.5) is 37.7 Å². The minimum atomic E-state index is -5.08. The van der Waals surface area contributed by atoms with E-state index in [0.29, 0.717) is 0 Å². The van der Waals surface area contributed by atoms with Crippen molar-refractivity contribution in [2.45, 2.75) is 131 Å². The number of methoxy groups -OCH3 is 2. The van der Waals surface area contributed by atoms with Crippen molar-refractivity contribution < 1.29 is 64.9 Å². The molecule has 29 heteroatoms. The van der Waals surface area contributed by atoms with Crippen LogP contribution in [0.25, 0.3) is 28.1 Å². The molecule has 5 aliphatic rings. The minimum Gasteiger partial charge on any atom is -0.497 e. The van der Waals surface area contributed by atoms with Gasteiger partial charge in [0.1, 0.15) is 11.5 Å². The SMILES string of the molecule is C.C.CN1CC=C(B2OC(C)(C)C(C)(C)O2)CC1.COc1cccc(NC2CCn3nnc(C)c3-c3ccc(Br)cc32)c1.COc1cccc(NC2CCn3nnc(C)c3-c3ccc(C4=CCN(C)CC4)cc32)c1.O=C(O)C(F)(F)F.O=C(O)C(F)(F)F.[B].[B][B]. The molecule has 0 bridgehead atoms. The summed E-state index contributed by atoms with van der Waals surface area (Å²) in [6.07, 6.45) is -1.56. The number of hydrogen-bond donors (Lipinski definition) is 4. The largest absolute Gasteiger partial charge is 0.497 e. The maximum atomic E-state index is 10.6. The number of aliphatic carboxylic acids is 2. The average Bonchev–Trinajstić information content (AvgIpc) is 1.70. The molecule has 0 spiro atoms. The molecule has 0 saturated carbocycles. The Morgan fingerprint density at radius 1 is 0.659 bits per heavy atom. The van der Waals surface area contributed by atoms with E-state index in [1.165, 1.54) is 38.9 Å². The first-order chi connectivity index (χ1) is 41.5. The molecule has 18 nitrogen and oxygen atoms in total. The molecule has 7 heterocycles. The lowest BCUT2D eigenvalue weighted by molar-refractivity contribution is -0.193. The van der Waals surface area contributed by atoms with Gasteiger partial charge < -0.3 is 49.4 Å². The van der Waals surface area contributed by atoms with E-state index in [0.717, 1.165) is 115 Å². The predicted octanol–water partition coefficient (Wildman–Crippen LogP) is 12.4. The van der Waals surface area contributed by atoms with Gasteiger partial charge in [-0.3, -0.25) is 0 Å². The molecular weight excluding hydrogens is 1250 g/mol. The zero-order valence-electron chi connectivity index (χ0n) is 51.3. The van der Waals surface area contributed by atoms with Crippen LogP contribution in [-0.2, 0) is 32.0 Å². The van der Waals surface area contributed by atoms with Crippen molar-refractivity contribution in [3.8, 4) is 34.0 Å². The van der Waals surface area contributed by atoms with E-state index < -0.39 is 24.3 Å². The number of ether oxygens (including phenoxy) is 2. The molecule has 0 amide bonds. The van der Waals surface area contributed by atoms with E-state index in [1.54, 1.807) is 14.2 Å². The topological polar surface area (TPSA) is 203 Å². The molecule has 2 aromatic heterocycles. The summed E-state index contributed by atoms with van der Waals surface area (Å²) in [4.78, 5) is 22.4. The minimum absolute atomic E-state index is 0. The highest BCUT2D eigenvalue weighted by atomic mass is 79.9. The van der Waals surface area contributed by atoms with Crippen LogP contribution in [0.15, 0.2) is 107 Å². The lowest BCUT2D eigenvalue weighted by atomic mass is 9.75. The van der Waals surface area contributed by atoms with Crippen molar-refractivity contribution in [1.82, 2.24) is 39.8 Å².